The molecule has 1 heterocycles. The van der Waals surface area contributed by atoms with E-state index in [0.717, 1.165) is 64.5 Å². The summed E-state index contributed by atoms with van der Waals surface area (Å²) in [6, 6.07) is 8.64. The zero-order valence-corrected chi connectivity index (χ0v) is 17.7. The van der Waals surface area contributed by atoms with Crippen molar-refractivity contribution >= 4 is 11.9 Å². The fraction of sp³-hybridized carbons (Fsp3) is 0.636. The summed E-state index contributed by atoms with van der Waals surface area (Å²) in [4.78, 5) is 18.5. The van der Waals surface area contributed by atoms with Crippen LogP contribution in [0.15, 0.2) is 29.3 Å². The van der Waals surface area contributed by atoms with E-state index in [9.17, 15) is 4.79 Å². The Morgan fingerprint density at radius 1 is 1.39 bits per heavy atom. The first-order chi connectivity index (χ1) is 13.5. The number of hydrogen-bond acceptors (Lipinski definition) is 3. The topological polar surface area (TPSA) is 82.8 Å². The van der Waals surface area contributed by atoms with Crippen molar-refractivity contribution < 1.29 is 4.79 Å². The molecule has 2 rings (SSSR count). The number of amides is 1. The number of carbonyl (C=O) groups excluding carboxylic acids is 1. The van der Waals surface area contributed by atoms with Crippen LogP contribution in [0.25, 0.3) is 0 Å². The smallest absolute Gasteiger partial charge is 0.221 e. The van der Waals surface area contributed by atoms with Gasteiger partial charge in [0.2, 0.25) is 5.91 Å². The van der Waals surface area contributed by atoms with Crippen molar-refractivity contribution in [2.75, 3.05) is 39.3 Å². The molecule has 1 aliphatic heterocycles. The van der Waals surface area contributed by atoms with Crippen molar-refractivity contribution in [2.45, 2.75) is 46.0 Å². The molecule has 4 N–H and O–H groups in total. The molecule has 1 saturated heterocycles. The first-order valence-corrected chi connectivity index (χ1v) is 10.6. The predicted molar refractivity (Wildman–Crippen MR) is 117 cm³/mol. The van der Waals surface area contributed by atoms with Gasteiger partial charge in [-0.1, -0.05) is 36.8 Å². The highest BCUT2D eigenvalue weighted by Gasteiger charge is 2.23. The first kappa shape index (κ1) is 22.2. The van der Waals surface area contributed by atoms with Crippen molar-refractivity contribution in [3.05, 3.63) is 35.4 Å². The molecule has 1 aromatic carbocycles. The number of nitrogens with two attached hydrogens (primary N) is 1. The van der Waals surface area contributed by atoms with E-state index in [1.54, 1.807) is 0 Å². The summed E-state index contributed by atoms with van der Waals surface area (Å²) >= 11 is 0. The lowest BCUT2D eigenvalue weighted by Crippen LogP contribution is -2.43. The molecule has 0 spiro atoms. The molecule has 2 atom stereocenters. The third-order valence-electron chi connectivity index (χ3n) is 5.33. The summed E-state index contributed by atoms with van der Waals surface area (Å²) < 4.78 is 0. The molecule has 0 radical (unpaired) electrons. The van der Waals surface area contributed by atoms with Crippen LogP contribution < -0.4 is 16.4 Å². The van der Waals surface area contributed by atoms with Crippen LogP contribution in [0.2, 0.25) is 0 Å². The van der Waals surface area contributed by atoms with Crippen LogP contribution in [0.4, 0.5) is 0 Å². The van der Waals surface area contributed by atoms with Crippen molar-refractivity contribution in [2.24, 2.45) is 16.6 Å². The predicted octanol–water partition coefficient (Wildman–Crippen LogP) is 2.24. The number of aryl methyl sites for hydroxylation is 1. The Labute approximate surface area is 170 Å². The fourth-order valence-electron chi connectivity index (χ4n) is 3.65. The highest BCUT2D eigenvalue weighted by molar-refractivity contribution is 5.79. The number of rotatable bonds is 9. The summed E-state index contributed by atoms with van der Waals surface area (Å²) in [5.74, 6) is 1.11. The lowest BCUT2D eigenvalue weighted by Gasteiger charge is -2.31. The van der Waals surface area contributed by atoms with E-state index in [-0.39, 0.29) is 11.8 Å². The number of aliphatic imine (C=N–C) groups is 1. The second kappa shape index (κ2) is 11.7. The summed E-state index contributed by atoms with van der Waals surface area (Å²) in [6.07, 6.45) is 3.01. The second-order valence-corrected chi connectivity index (χ2v) is 7.86. The highest BCUT2D eigenvalue weighted by Crippen LogP contribution is 2.17. The number of likely N-dealkylation sites (tertiary alicyclic amines) is 1. The third-order valence-corrected chi connectivity index (χ3v) is 5.33. The number of primary amides is 1. The van der Waals surface area contributed by atoms with Crippen molar-refractivity contribution in [1.29, 1.82) is 0 Å². The van der Waals surface area contributed by atoms with Gasteiger partial charge in [-0.2, -0.15) is 0 Å². The summed E-state index contributed by atoms with van der Waals surface area (Å²) in [7, 11) is 0. The maximum Gasteiger partial charge on any atom is 0.221 e. The van der Waals surface area contributed by atoms with E-state index in [1.807, 2.05) is 0 Å². The van der Waals surface area contributed by atoms with E-state index in [0.29, 0.717) is 5.92 Å². The molecule has 1 aromatic rings. The molecule has 28 heavy (non-hydrogen) atoms. The van der Waals surface area contributed by atoms with Crippen LogP contribution in [-0.4, -0.2) is 56.0 Å². The molecule has 0 bridgehead atoms. The average molecular weight is 388 g/mol. The molecule has 2 unspecified atom stereocenters. The van der Waals surface area contributed by atoms with E-state index >= 15 is 0 Å². The summed E-state index contributed by atoms with van der Waals surface area (Å²) in [5, 5.41) is 6.76. The maximum absolute atomic E-state index is 11.4. The number of hydrogen-bond donors (Lipinski definition) is 3. The van der Waals surface area contributed by atoms with Gasteiger partial charge in [-0.3, -0.25) is 9.79 Å². The van der Waals surface area contributed by atoms with E-state index in [4.69, 9.17) is 10.7 Å². The average Bonchev–Trinajstić information content (AvgIpc) is 2.69. The van der Waals surface area contributed by atoms with Gasteiger partial charge < -0.3 is 21.3 Å². The molecule has 1 fully saturated rings. The van der Waals surface area contributed by atoms with E-state index in [1.165, 1.54) is 11.1 Å². The number of guanidine groups is 1. The van der Waals surface area contributed by atoms with Crippen LogP contribution in [0.1, 0.15) is 50.2 Å². The zero-order valence-electron chi connectivity index (χ0n) is 17.7. The monoisotopic (exact) mass is 387 g/mol. The van der Waals surface area contributed by atoms with Gasteiger partial charge in [0.25, 0.3) is 0 Å². The standard InChI is InChI=1S/C22H37N5O/c1-4-24-22(26-15-18(3)19-9-5-8-17(2)14-19)25-11-7-13-27-12-6-10-20(16-27)21(23)28/h5,8-9,14,18,20H,4,6-7,10-13,15-16H2,1-3H3,(H2,23,28)(H2,24,25,26). The molecule has 0 aromatic heterocycles. The number of benzene rings is 1. The molecule has 156 valence electrons. The molecular weight excluding hydrogens is 350 g/mol. The third kappa shape index (κ3) is 7.50. The SMILES string of the molecule is CCNC(=NCC(C)c1cccc(C)c1)NCCCN1CCCC(C(N)=O)C1. The van der Waals surface area contributed by atoms with Crippen LogP contribution in [0.3, 0.4) is 0 Å². The van der Waals surface area contributed by atoms with Crippen LogP contribution >= 0.6 is 0 Å². The summed E-state index contributed by atoms with van der Waals surface area (Å²) in [5.41, 5.74) is 8.08. The minimum absolute atomic E-state index is 0.0173. The molecular formula is C22H37N5O. The Bertz CT molecular complexity index is 646. The Morgan fingerprint density at radius 2 is 2.21 bits per heavy atom. The van der Waals surface area contributed by atoms with Gasteiger partial charge in [0.15, 0.2) is 5.96 Å². The fourth-order valence-corrected chi connectivity index (χ4v) is 3.65. The number of carbonyl (C=O) groups is 1. The minimum atomic E-state index is -0.160. The van der Waals surface area contributed by atoms with Crippen LogP contribution in [0, 0.1) is 12.8 Å². The van der Waals surface area contributed by atoms with Gasteiger partial charge >= 0.3 is 0 Å². The molecule has 6 nitrogen and oxygen atoms in total. The van der Waals surface area contributed by atoms with Gasteiger partial charge in [-0.05, 0) is 51.8 Å². The van der Waals surface area contributed by atoms with E-state index in [2.05, 4.69) is 60.6 Å². The lowest BCUT2D eigenvalue weighted by molar-refractivity contribution is -0.123. The Balaban J connectivity index is 1.75. The maximum atomic E-state index is 11.4. The summed E-state index contributed by atoms with van der Waals surface area (Å²) in [6.45, 7) is 11.7. The quantitative estimate of drug-likeness (QED) is 0.345. The molecule has 1 aliphatic rings. The second-order valence-electron chi connectivity index (χ2n) is 7.86. The number of piperidine rings is 1. The molecule has 1 amide bonds. The normalized spacial score (nSPS) is 19.2. The van der Waals surface area contributed by atoms with Crippen molar-refractivity contribution in [1.82, 2.24) is 15.5 Å². The van der Waals surface area contributed by atoms with Gasteiger partial charge in [-0.25, -0.2) is 0 Å². The van der Waals surface area contributed by atoms with Crippen LogP contribution in [0.5, 0.6) is 0 Å². The first-order valence-electron chi connectivity index (χ1n) is 10.6. The zero-order chi connectivity index (χ0) is 20.4. The van der Waals surface area contributed by atoms with Gasteiger partial charge in [-0.15, -0.1) is 0 Å². The molecule has 6 heteroatoms. The van der Waals surface area contributed by atoms with Gasteiger partial charge in [0, 0.05) is 32.1 Å². The lowest BCUT2D eigenvalue weighted by atomic mass is 9.97. The van der Waals surface area contributed by atoms with Crippen molar-refractivity contribution in [3.63, 3.8) is 0 Å². The Kier molecular flexibility index (Phi) is 9.28. The largest absolute Gasteiger partial charge is 0.369 e. The Morgan fingerprint density at radius 3 is 2.93 bits per heavy atom. The van der Waals surface area contributed by atoms with Crippen molar-refractivity contribution in [3.8, 4) is 0 Å². The van der Waals surface area contributed by atoms with Crippen LogP contribution in [-0.2, 0) is 4.79 Å². The van der Waals surface area contributed by atoms with Gasteiger partial charge in [0.05, 0.1) is 5.92 Å². The Hall–Kier alpha value is -2.08. The van der Waals surface area contributed by atoms with E-state index < -0.39 is 0 Å². The molecule has 0 aliphatic carbocycles. The number of nitrogens with zero attached hydrogens (tertiary/aromatic N) is 2. The molecule has 0 saturated carbocycles. The minimum Gasteiger partial charge on any atom is -0.369 e. The highest BCUT2D eigenvalue weighted by atomic mass is 16.1. The number of nitrogens with one attached hydrogen (secondary N) is 2. The van der Waals surface area contributed by atoms with Gasteiger partial charge in [0.1, 0.15) is 0 Å².